The minimum Gasteiger partial charge on any atom is -0.325 e. The second-order valence-corrected chi connectivity index (χ2v) is 4.62. The van der Waals surface area contributed by atoms with Crippen molar-refractivity contribution in [1.29, 1.82) is 0 Å². The quantitative estimate of drug-likeness (QED) is 0.591. The Morgan fingerprint density at radius 2 is 1.95 bits per heavy atom. The number of allylic oxidation sites excluding steroid dienone is 1. The molecule has 0 aliphatic heterocycles. The molecule has 0 saturated carbocycles. The summed E-state index contributed by atoms with van der Waals surface area (Å²) in [5.74, 6) is 0. The number of hydrogen-bond donors (Lipinski definition) is 0. The van der Waals surface area contributed by atoms with Gasteiger partial charge < -0.3 is 4.57 Å². The number of imidazole rings is 1. The van der Waals surface area contributed by atoms with Gasteiger partial charge in [0.1, 0.15) is 0 Å². The fourth-order valence-corrected chi connectivity index (χ4v) is 2.38. The van der Waals surface area contributed by atoms with E-state index in [-0.39, 0.29) is 11.2 Å². The lowest BCUT2D eigenvalue weighted by atomic mass is 10.3. The molecule has 0 amide bonds. The molecule has 0 radical (unpaired) electrons. The van der Waals surface area contributed by atoms with E-state index in [4.69, 9.17) is 0 Å². The highest BCUT2D eigenvalue weighted by molar-refractivity contribution is 5.70. The Labute approximate surface area is 117 Å². The third kappa shape index (κ3) is 2.21. The zero-order chi connectivity index (χ0) is 14.7. The van der Waals surface area contributed by atoms with Crippen molar-refractivity contribution in [2.24, 2.45) is 0 Å². The van der Waals surface area contributed by atoms with Crippen molar-refractivity contribution < 1.29 is 0 Å². The molecule has 0 unspecified atom stereocenters. The number of rotatable bonds is 6. The number of hydrogen-bond acceptors (Lipinski definition) is 3. The molecule has 0 saturated heterocycles. The number of unbranched alkanes of at least 4 members (excludes halogenated alkanes) is 1. The van der Waals surface area contributed by atoms with Crippen molar-refractivity contribution in [2.45, 2.75) is 46.3 Å². The zero-order valence-corrected chi connectivity index (χ0v) is 12.0. The molecular weight excluding hydrogens is 256 g/mol. The Morgan fingerprint density at radius 1 is 1.25 bits per heavy atom. The minimum absolute atomic E-state index is 0.256. The molecule has 0 bridgehead atoms. The summed E-state index contributed by atoms with van der Waals surface area (Å²) in [6.07, 6.45) is 5.27. The van der Waals surface area contributed by atoms with Gasteiger partial charge in [-0.15, -0.1) is 6.58 Å². The lowest BCUT2D eigenvalue weighted by Gasteiger charge is -2.09. The summed E-state index contributed by atoms with van der Waals surface area (Å²) in [4.78, 5) is 28.9. The fraction of sp³-hybridized carbons (Fsp3) is 0.500. The van der Waals surface area contributed by atoms with Crippen molar-refractivity contribution in [3.8, 4) is 0 Å². The van der Waals surface area contributed by atoms with Crippen molar-refractivity contribution in [3.05, 3.63) is 39.8 Å². The van der Waals surface area contributed by atoms with Crippen LogP contribution in [0.15, 0.2) is 28.6 Å². The van der Waals surface area contributed by atoms with Crippen molar-refractivity contribution in [2.75, 3.05) is 0 Å². The molecule has 6 nitrogen and oxygen atoms in total. The molecule has 2 rings (SSSR count). The normalized spacial score (nSPS) is 11.1. The number of nitrogens with zero attached hydrogens (tertiary/aromatic N) is 4. The minimum atomic E-state index is -0.288. The van der Waals surface area contributed by atoms with E-state index < -0.39 is 0 Å². The molecule has 20 heavy (non-hydrogen) atoms. The van der Waals surface area contributed by atoms with E-state index in [1.54, 1.807) is 17.8 Å². The van der Waals surface area contributed by atoms with E-state index >= 15 is 0 Å². The highest BCUT2D eigenvalue weighted by Crippen LogP contribution is 2.08. The van der Waals surface area contributed by atoms with Crippen LogP contribution in [0.5, 0.6) is 0 Å². The van der Waals surface area contributed by atoms with Crippen LogP contribution >= 0.6 is 0 Å². The van der Waals surface area contributed by atoms with Crippen LogP contribution in [-0.2, 0) is 19.6 Å². The molecule has 0 fully saturated rings. The van der Waals surface area contributed by atoms with Crippen LogP contribution in [0.2, 0.25) is 0 Å². The first kappa shape index (κ1) is 14.3. The summed E-state index contributed by atoms with van der Waals surface area (Å²) < 4.78 is 4.64. The average Bonchev–Trinajstić information content (AvgIpc) is 2.84. The second kappa shape index (κ2) is 5.90. The van der Waals surface area contributed by atoms with E-state index in [0.29, 0.717) is 30.8 Å². The van der Waals surface area contributed by atoms with Gasteiger partial charge in [0.25, 0.3) is 5.56 Å². The van der Waals surface area contributed by atoms with E-state index in [9.17, 15) is 9.59 Å². The maximum atomic E-state index is 12.4. The first-order valence-corrected chi connectivity index (χ1v) is 6.95. The van der Waals surface area contributed by atoms with Crippen LogP contribution < -0.4 is 11.2 Å². The average molecular weight is 276 g/mol. The summed E-state index contributed by atoms with van der Waals surface area (Å²) in [5.41, 5.74) is 0.445. The first-order valence-electron chi connectivity index (χ1n) is 6.95. The topological polar surface area (TPSA) is 61.8 Å². The summed E-state index contributed by atoms with van der Waals surface area (Å²) in [6, 6.07) is 0. The third-order valence-corrected chi connectivity index (χ3v) is 3.42. The summed E-state index contributed by atoms with van der Waals surface area (Å²) >= 11 is 0. The Kier molecular flexibility index (Phi) is 4.22. The van der Waals surface area contributed by atoms with Crippen LogP contribution in [0.3, 0.4) is 0 Å². The largest absolute Gasteiger partial charge is 0.332 e. The van der Waals surface area contributed by atoms with Crippen molar-refractivity contribution in [3.63, 3.8) is 0 Å². The predicted octanol–water partition coefficient (Wildman–Crippen LogP) is 1.37. The molecule has 0 aliphatic rings. The molecule has 0 N–H and O–H groups in total. The molecule has 2 aromatic heterocycles. The highest BCUT2D eigenvalue weighted by atomic mass is 16.2. The third-order valence-electron chi connectivity index (χ3n) is 3.42. The van der Waals surface area contributed by atoms with E-state index in [2.05, 4.69) is 11.6 Å². The van der Waals surface area contributed by atoms with Gasteiger partial charge in [-0.1, -0.05) is 6.08 Å². The van der Waals surface area contributed by atoms with E-state index in [0.717, 1.165) is 12.8 Å². The Bertz CT molecular complexity index is 736. The first-order chi connectivity index (χ1) is 9.65. The van der Waals surface area contributed by atoms with Gasteiger partial charge in [-0.05, 0) is 26.7 Å². The van der Waals surface area contributed by atoms with Gasteiger partial charge in [-0.25, -0.2) is 9.78 Å². The van der Waals surface area contributed by atoms with Gasteiger partial charge in [0.05, 0.1) is 6.33 Å². The van der Waals surface area contributed by atoms with Gasteiger partial charge in [0.15, 0.2) is 11.2 Å². The molecule has 0 spiro atoms. The maximum absolute atomic E-state index is 12.4. The van der Waals surface area contributed by atoms with Gasteiger partial charge in [0, 0.05) is 19.6 Å². The lowest BCUT2D eigenvalue weighted by molar-refractivity contribution is 0.599. The SMILES string of the molecule is C=CCCCn1cnc2c1c(=O)n(CC)c(=O)n2CC. The molecule has 0 aromatic carbocycles. The molecular formula is C14H20N4O2. The van der Waals surface area contributed by atoms with Gasteiger partial charge in [0.2, 0.25) is 0 Å². The van der Waals surface area contributed by atoms with Gasteiger partial charge >= 0.3 is 5.69 Å². The summed E-state index contributed by atoms with van der Waals surface area (Å²) in [6.45, 7) is 8.93. The second-order valence-electron chi connectivity index (χ2n) is 4.62. The van der Waals surface area contributed by atoms with E-state index in [1.807, 2.05) is 17.6 Å². The molecule has 2 aromatic rings. The smallest absolute Gasteiger partial charge is 0.325 e. The van der Waals surface area contributed by atoms with Crippen LogP contribution in [-0.4, -0.2) is 18.7 Å². The van der Waals surface area contributed by atoms with E-state index in [1.165, 1.54) is 4.57 Å². The summed E-state index contributed by atoms with van der Waals surface area (Å²) in [5, 5.41) is 0. The van der Waals surface area contributed by atoms with Gasteiger partial charge in [-0.2, -0.15) is 0 Å². The summed E-state index contributed by atoms with van der Waals surface area (Å²) in [7, 11) is 0. The van der Waals surface area contributed by atoms with Crippen LogP contribution in [0.25, 0.3) is 11.2 Å². The lowest BCUT2D eigenvalue weighted by Crippen LogP contribution is -2.40. The van der Waals surface area contributed by atoms with Crippen molar-refractivity contribution >= 4 is 11.2 Å². The number of aromatic nitrogens is 4. The highest BCUT2D eigenvalue weighted by Gasteiger charge is 2.15. The van der Waals surface area contributed by atoms with Crippen LogP contribution in [0, 0.1) is 0 Å². The van der Waals surface area contributed by atoms with Crippen molar-refractivity contribution in [1.82, 2.24) is 18.7 Å². The molecule has 6 heteroatoms. The zero-order valence-electron chi connectivity index (χ0n) is 12.0. The van der Waals surface area contributed by atoms with Gasteiger partial charge in [-0.3, -0.25) is 13.9 Å². The number of aryl methyl sites for hydroxylation is 2. The molecule has 2 heterocycles. The van der Waals surface area contributed by atoms with Crippen LogP contribution in [0.4, 0.5) is 0 Å². The Balaban J connectivity index is 2.68. The molecule has 0 aliphatic carbocycles. The Hall–Kier alpha value is -2.11. The molecule has 108 valence electrons. The Morgan fingerprint density at radius 3 is 2.55 bits per heavy atom. The monoisotopic (exact) mass is 276 g/mol. The standard InChI is InChI=1S/C14H20N4O2/c1-4-7-8-9-16-10-15-12-11(16)13(19)18(6-3)14(20)17(12)5-2/h4,10H,1,5-9H2,2-3H3. The predicted molar refractivity (Wildman–Crippen MR) is 79.0 cm³/mol. The van der Waals surface area contributed by atoms with Crippen LogP contribution in [0.1, 0.15) is 26.7 Å². The maximum Gasteiger partial charge on any atom is 0.332 e. The number of fused-ring (bicyclic) bond motifs is 1. The fourth-order valence-electron chi connectivity index (χ4n) is 2.38. The molecule has 0 atom stereocenters.